The molecule has 0 atom stereocenters. The lowest BCUT2D eigenvalue weighted by atomic mass is 10.0. The molecule has 1 aromatic heterocycles. The molecule has 0 unspecified atom stereocenters. The Bertz CT molecular complexity index is 456. The number of hydrogen-bond acceptors (Lipinski definition) is 0. The molecule has 0 fully saturated rings. The molecule has 0 saturated carbocycles. The zero-order valence-corrected chi connectivity index (χ0v) is 12.2. The summed E-state index contributed by atoms with van der Waals surface area (Å²) in [4.78, 5) is 0. The van der Waals surface area contributed by atoms with Gasteiger partial charge in [0.2, 0.25) is 0 Å². The van der Waals surface area contributed by atoms with Crippen LogP contribution < -0.4 is 0 Å². The first-order valence-corrected chi connectivity index (χ1v) is 7.60. The molecule has 1 aromatic carbocycles. The lowest BCUT2D eigenvalue weighted by Crippen LogP contribution is -1.89. The normalized spacial score (nSPS) is 10.8. The lowest BCUT2D eigenvalue weighted by Gasteiger charge is -2.01. The molecule has 0 bridgehead atoms. The van der Waals surface area contributed by atoms with Gasteiger partial charge in [0.25, 0.3) is 0 Å². The Morgan fingerprint density at radius 3 is 1.79 bits per heavy atom. The van der Waals surface area contributed by atoms with Crippen molar-refractivity contribution in [2.24, 2.45) is 0 Å². The van der Waals surface area contributed by atoms with Crippen molar-refractivity contribution < 1.29 is 0 Å². The molecule has 102 valence electrons. The average Bonchev–Trinajstić information content (AvgIpc) is 2.87. The van der Waals surface area contributed by atoms with E-state index in [1.54, 1.807) is 11.1 Å². The highest BCUT2D eigenvalue weighted by molar-refractivity contribution is 5.37. The van der Waals surface area contributed by atoms with E-state index in [1.165, 1.54) is 44.2 Å². The Kier molecular flexibility index (Phi) is 5.26. The summed E-state index contributed by atoms with van der Waals surface area (Å²) in [6.07, 6.45) is 12.2. The maximum absolute atomic E-state index is 2.33. The molecule has 0 aliphatic carbocycles. The zero-order valence-electron chi connectivity index (χ0n) is 12.2. The van der Waals surface area contributed by atoms with Crippen LogP contribution in [0.25, 0.3) is 5.69 Å². The molecule has 2 rings (SSSR count). The van der Waals surface area contributed by atoms with Crippen molar-refractivity contribution >= 4 is 0 Å². The van der Waals surface area contributed by atoms with Gasteiger partial charge in [-0.3, -0.25) is 0 Å². The second-order valence-corrected chi connectivity index (χ2v) is 5.26. The number of unbranched alkanes of at least 4 members (excludes halogenated alkanes) is 2. The first-order chi connectivity index (χ1) is 9.35. The van der Waals surface area contributed by atoms with Crippen molar-refractivity contribution in [3.05, 3.63) is 53.9 Å². The molecule has 0 saturated heterocycles. The van der Waals surface area contributed by atoms with Crippen molar-refractivity contribution in [1.82, 2.24) is 4.57 Å². The van der Waals surface area contributed by atoms with Crippen molar-refractivity contribution in [2.75, 3.05) is 0 Å². The molecule has 0 aliphatic heterocycles. The van der Waals surface area contributed by atoms with Crippen LogP contribution in [-0.4, -0.2) is 4.57 Å². The van der Waals surface area contributed by atoms with E-state index in [1.807, 2.05) is 0 Å². The summed E-state index contributed by atoms with van der Waals surface area (Å²) in [6, 6.07) is 10.6. The molecule has 1 heteroatoms. The van der Waals surface area contributed by atoms with Crippen molar-refractivity contribution in [2.45, 2.75) is 52.4 Å². The van der Waals surface area contributed by atoms with Gasteiger partial charge in [-0.15, -0.1) is 0 Å². The van der Waals surface area contributed by atoms with Crippen molar-refractivity contribution in [1.29, 1.82) is 0 Å². The molecular weight excluding hydrogens is 230 g/mol. The SMILES string of the molecule is CCCCc1cn(-c2ccccc2)cc1CCCC. The van der Waals surface area contributed by atoms with E-state index in [4.69, 9.17) is 0 Å². The van der Waals surface area contributed by atoms with E-state index >= 15 is 0 Å². The molecule has 1 heterocycles. The van der Waals surface area contributed by atoms with Gasteiger partial charge in [-0.2, -0.15) is 0 Å². The monoisotopic (exact) mass is 255 g/mol. The topological polar surface area (TPSA) is 4.93 Å². The molecule has 0 aliphatic rings. The van der Waals surface area contributed by atoms with Gasteiger partial charge in [-0.05, 0) is 48.9 Å². The summed E-state index contributed by atoms with van der Waals surface area (Å²) in [6.45, 7) is 4.53. The first kappa shape index (κ1) is 13.9. The third-order valence-corrected chi connectivity index (χ3v) is 3.66. The van der Waals surface area contributed by atoms with Crippen LogP contribution in [0.15, 0.2) is 42.7 Å². The van der Waals surface area contributed by atoms with Crippen molar-refractivity contribution in [3.63, 3.8) is 0 Å². The van der Waals surface area contributed by atoms with Gasteiger partial charge < -0.3 is 4.57 Å². The Hall–Kier alpha value is -1.50. The number of nitrogens with zero attached hydrogens (tertiary/aromatic N) is 1. The Balaban J connectivity index is 2.23. The zero-order chi connectivity index (χ0) is 13.5. The lowest BCUT2D eigenvalue weighted by molar-refractivity contribution is 0.762. The van der Waals surface area contributed by atoms with Crippen LogP contribution in [0.3, 0.4) is 0 Å². The predicted octanol–water partition coefficient (Wildman–Crippen LogP) is 5.16. The Labute approximate surface area is 117 Å². The number of aromatic nitrogens is 1. The number of para-hydroxylation sites is 1. The highest BCUT2D eigenvalue weighted by atomic mass is 14.9. The van der Waals surface area contributed by atoms with Crippen LogP contribution >= 0.6 is 0 Å². The minimum Gasteiger partial charge on any atom is -0.323 e. The summed E-state index contributed by atoms with van der Waals surface area (Å²) < 4.78 is 2.29. The van der Waals surface area contributed by atoms with E-state index in [-0.39, 0.29) is 0 Å². The molecule has 0 amide bonds. The number of aryl methyl sites for hydroxylation is 2. The second-order valence-electron chi connectivity index (χ2n) is 5.26. The van der Waals surface area contributed by atoms with E-state index in [0.717, 1.165) is 0 Å². The largest absolute Gasteiger partial charge is 0.323 e. The Morgan fingerprint density at radius 1 is 0.789 bits per heavy atom. The van der Waals surface area contributed by atoms with E-state index in [0.29, 0.717) is 0 Å². The smallest absolute Gasteiger partial charge is 0.0449 e. The van der Waals surface area contributed by atoms with Crippen LogP contribution in [0.1, 0.15) is 50.7 Å². The molecule has 19 heavy (non-hydrogen) atoms. The van der Waals surface area contributed by atoms with Crippen LogP contribution in [0.2, 0.25) is 0 Å². The fourth-order valence-electron chi connectivity index (χ4n) is 2.47. The summed E-state index contributed by atoms with van der Waals surface area (Å²) in [7, 11) is 0. The minimum absolute atomic E-state index is 1.22. The fourth-order valence-corrected chi connectivity index (χ4v) is 2.47. The summed E-state index contributed by atoms with van der Waals surface area (Å²) in [5.41, 5.74) is 4.35. The van der Waals surface area contributed by atoms with Crippen LogP contribution in [0.5, 0.6) is 0 Å². The average molecular weight is 255 g/mol. The quantitative estimate of drug-likeness (QED) is 0.644. The van der Waals surface area contributed by atoms with E-state index < -0.39 is 0 Å². The molecule has 2 aromatic rings. The summed E-state index contributed by atoms with van der Waals surface area (Å²) in [5, 5.41) is 0. The summed E-state index contributed by atoms with van der Waals surface area (Å²) in [5.74, 6) is 0. The first-order valence-electron chi connectivity index (χ1n) is 7.60. The van der Waals surface area contributed by atoms with Crippen molar-refractivity contribution in [3.8, 4) is 5.69 Å². The second kappa shape index (κ2) is 7.18. The van der Waals surface area contributed by atoms with Gasteiger partial charge >= 0.3 is 0 Å². The number of rotatable bonds is 7. The third kappa shape index (κ3) is 3.73. The number of hydrogen-bond donors (Lipinski definition) is 0. The third-order valence-electron chi connectivity index (χ3n) is 3.66. The van der Waals surface area contributed by atoms with Gasteiger partial charge in [-0.25, -0.2) is 0 Å². The molecular formula is C18H25N. The number of benzene rings is 1. The highest BCUT2D eigenvalue weighted by Crippen LogP contribution is 2.19. The standard InChI is InChI=1S/C18H25N/c1-3-5-10-16-14-19(15-17(16)11-6-4-2)18-12-8-7-9-13-18/h7-9,12-15H,3-6,10-11H2,1-2H3. The Morgan fingerprint density at radius 2 is 1.32 bits per heavy atom. The highest BCUT2D eigenvalue weighted by Gasteiger charge is 2.07. The van der Waals surface area contributed by atoms with Crippen LogP contribution in [0.4, 0.5) is 0 Å². The maximum Gasteiger partial charge on any atom is 0.0449 e. The molecule has 0 radical (unpaired) electrons. The van der Waals surface area contributed by atoms with Gasteiger partial charge in [0.05, 0.1) is 0 Å². The van der Waals surface area contributed by atoms with Gasteiger partial charge in [0.1, 0.15) is 0 Å². The minimum atomic E-state index is 1.22. The molecule has 0 spiro atoms. The fraction of sp³-hybridized carbons (Fsp3) is 0.444. The van der Waals surface area contributed by atoms with E-state index in [2.05, 4.69) is 61.1 Å². The van der Waals surface area contributed by atoms with Crippen LogP contribution in [-0.2, 0) is 12.8 Å². The van der Waals surface area contributed by atoms with E-state index in [9.17, 15) is 0 Å². The van der Waals surface area contributed by atoms with Gasteiger partial charge in [-0.1, -0.05) is 44.9 Å². The summed E-state index contributed by atoms with van der Waals surface area (Å²) >= 11 is 0. The van der Waals surface area contributed by atoms with Crippen LogP contribution in [0, 0.1) is 0 Å². The van der Waals surface area contributed by atoms with Gasteiger partial charge in [0, 0.05) is 18.1 Å². The predicted molar refractivity (Wildman–Crippen MR) is 83.0 cm³/mol. The van der Waals surface area contributed by atoms with Gasteiger partial charge in [0.15, 0.2) is 0 Å². The molecule has 1 nitrogen and oxygen atoms in total. The maximum atomic E-state index is 2.33. The molecule has 0 N–H and O–H groups in total.